The maximum Gasteiger partial charge on any atom is 0.295 e. The van der Waals surface area contributed by atoms with Gasteiger partial charge in [-0.1, -0.05) is 18.5 Å². The quantitative estimate of drug-likeness (QED) is 0.507. The molecule has 0 aromatic heterocycles. The Balaban J connectivity index is 2.31. The van der Waals surface area contributed by atoms with Crippen LogP contribution in [0.4, 0.5) is 11.4 Å². The van der Waals surface area contributed by atoms with Crippen molar-refractivity contribution in [1.29, 1.82) is 0 Å². The zero-order chi connectivity index (χ0) is 15.6. The summed E-state index contributed by atoms with van der Waals surface area (Å²) in [4.78, 5) is 24.6. The first-order valence-electron chi connectivity index (χ1n) is 6.68. The third-order valence-electron chi connectivity index (χ3n) is 3.73. The Hall–Kier alpha value is -1.86. The van der Waals surface area contributed by atoms with Crippen LogP contribution in [0.2, 0.25) is 5.02 Å². The Morgan fingerprint density at radius 3 is 2.62 bits per heavy atom. The van der Waals surface area contributed by atoms with E-state index in [1.54, 1.807) is 4.90 Å². The number of nitrogens with two attached hydrogens (primary N) is 1. The average Bonchev–Trinajstić information content (AvgIpc) is 2.46. The fourth-order valence-corrected chi connectivity index (χ4v) is 2.67. The van der Waals surface area contributed by atoms with Crippen LogP contribution in [0.1, 0.15) is 30.1 Å². The number of nitro benzene ring substituents is 1. The van der Waals surface area contributed by atoms with Crippen molar-refractivity contribution in [3.05, 3.63) is 32.8 Å². The fourth-order valence-electron chi connectivity index (χ4n) is 2.40. The summed E-state index contributed by atoms with van der Waals surface area (Å²) < 4.78 is 0. The second-order valence-electron chi connectivity index (χ2n) is 5.23. The predicted octanol–water partition coefficient (Wildman–Crippen LogP) is 2.41. The third kappa shape index (κ3) is 3.25. The van der Waals surface area contributed by atoms with Crippen molar-refractivity contribution in [1.82, 2.24) is 4.90 Å². The van der Waals surface area contributed by atoms with Gasteiger partial charge in [0, 0.05) is 24.7 Å². The highest BCUT2D eigenvalue weighted by molar-refractivity contribution is 6.34. The molecule has 3 N–H and O–H groups in total. The lowest BCUT2D eigenvalue weighted by molar-refractivity contribution is -0.384. The molecular weight excluding hydrogens is 296 g/mol. The molecule has 1 heterocycles. The smallest absolute Gasteiger partial charge is 0.295 e. The number of amides is 1. The summed E-state index contributed by atoms with van der Waals surface area (Å²) in [6.07, 6.45) is 1.87. The average molecular weight is 313 g/mol. The highest BCUT2D eigenvalue weighted by atomic mass is 35.5. The number of nitrogens with one attached hydrogen (secondary N) is 1. The second-order valence-corrected chi connectivity index (χ2v) is 5.64. The number of hydrazine groups is 1. The van der Waals surface area contributed by atoms with E-state index < -0.39 is 4.92 Å². The maximum absolute atomic E-state index is 12.4. The summed E-state index contributed by atoms with van der Waals surface area (Å²) >= 11 is 5.97. The van der Waals surface area contributed by atoms with Gasteiger partial charge in [-0.3, -0.25) is 20.8 Å². The standard InChI is InChI=1S/C13H17ClN4O3/c1-8-2-4-17(5-3-8)13(19)9-6-10(14)12(16-15)11(7-9)18(20)21/h6-8,16H,2-5,15H2,1H3. The minimum atomic E-state index is -0.615. The van der Waals surface area contributed by atoms with Gasteiger partial charge in [0.05, 0.1) is 9.95 Å². The number of nitrogens with zero attached hydrogens (tertiary/aromatic N) is 2. The van der Waals surface area contributed by atoms with Gasteiger partial charge in [-0.15, -0.1) is 0 Å². The van der Waals surface area contributed by atoms with Crippen molar-refractivity contribution in [3.8, 4) is 0 Å². The van der Waals surface area contributed by atoms with Crippen molar-refractivity contribution in [3.63, 3.8) is 0 Å². The number of halogens is 1. The van der Waals surface area contributed by atoms with Gasteiger partial charge < -0.3 is 10.3 Å². The van der Waals surface area contributed by atoms with Crippen molar-refractivity contribution in [2.45, 2.75) is 19.8 Å². The molecule has 1 fully saturated rings. The van der Waals surface area contributed by atoms with Crippen LogP contribution in [-0.4, -0.2) is 28.8 Å². The highest BCUT2D eigenvalue weighted by Gasteiger charge is 2.25. The van der Waals surface area contributed by atoms with Crippen LogP contribution in [0.25, 0.3) is 0 Å². The fraction of sp³-hybridized carbons (Fsp3) is 0.462. The van der Waals surface area contributed by atoms with Gasteiger partial charge in [0.15, 0.2) is 0 Å². The largest absolute Gasteiger partial charge is 0.339 e. The van der Waals surface area contributed by atoms with Gasteiger partial charge in [0.2, 0.25) is 0 Å². The molecule has 8 heteroatoms. The summed E-state index contributed by atoms with van der Waals surface area (Å²) in [5.41, 5.74) is 2.11. The van der Waals surface area contributed by atoms with Crippen molar-refractivity contribution in [2.75, 3.05) is 18.5 Å². The molecule has 1 amide bonds. The molecule has 0 unspecified atom stereocenters. The molecular formula is C13H17ClN4O3. The molecule has 21 heavy (non-hydrogen) atoms. The Morgan fingerprint density at radius 1 is 1.48 bits per heavy atom. The van der Waals surface area contributed by atoms with Crippen LogP contribution < -0.4 is 11.3 Å². The molecule has 1 aromatic carbocycles. The summed E-state index contributed by atoms with van der Waals surface area (Å²) in [5, 5.41) is 11.1. The molecule has 1 aliphatic heterocycles. The van der Waals surface area contributed by atoms with Crippen LogP contribution in [0.15, 0.2) is 12.1 Å². The zero-order valence-corrected chi connectivity index (χ0v) is 12.4. The van der Waals surface area contributed by atoms with E-state index in [9.17, 15) is 14.9 Å². The van der Waals surface area contributed by atoms with Crippen molar-refractivity contribution < 1.29 is 9.72 Å². The van der Waals surface area contributed by atoms with E-state index >= 15 is 0 Å². The van der Waals surface area contributed by atoms with Gasteiger partial charge in [-0.2, -0.15) is 0 Å². The molecule has 1 aromatic rings. The summed E-state index contributed by atoms with van der Waals surface area (Å²) in [5.74, 6) is 5.59. The molecule has 1 aliphatic rings. The molecule has 7 nitrogen and oxygen atoms in total. The van der Waals surface area contributed by atoms with Crippen LogP contribution in [0, 0.1) is 16.0 Å². The number of nitro groups is 1. The molecule has 0 bridgehead atoms. The monoisotopic (exact) mass is 312 g/mol. The first-order valence-corrected chi connectivity index (χ1v) is 7.05. The zero-order valence-electron chi connectivity index (χ0n) is 11.6. The summed E-state index contributed by atoms with van der Waals surface area (Å²) in [7, 11) is 0. The maximum atomic E-state index is 12.4. The minimum Gasteiger partial charge on any atom is -0.339 e. The Bertz CT molecular complexity index is 571. The number of piperidine rings is 1. The first kappa shape index (κ1) is 15.5. The third-order valence-corrected chi connectivity index (χ3v) is 4.03. The molecule has 114 valence electrons. The van der Waals surface area contributed by atoms with E-state index in [4.69, 9.17) is 17.4 Å². The number of rotatable bonds is 3. The lowest BCUT2D eigenvalue weighted by Gasteiger charge is -2.30. The molecule has 0 saturated carbocycles. The van der Waals surface area contributed by atoms with Crippen molar-refractivity contribution >= 4 is 28.9 Å². The van der Waals surface area contributed by atoms with E-state index in [1.807, 2.05) is 0 Å². The SMILES string of the molecule is CC1CCN(C(=O)c2cc(Cl)c(NN)c([N+](=O)[O-])c2)CC1. The van der Waals surface area contributed by atoms with E-state index in [-0.39, 0.29) is 27.9 Å². The molecule has 0 radical (unpaired) electrons. The highest BCUT2D eigenvalue weighted by Crippen LogP contribution is 2.33. The van der Waals surface area contributed by atoms with Crippen molar-refractivity contribution in [2.24, 2.45) is 11.8 Å². The van der Waals surface area contributed by atoms with Gasteiger partial charge >= 0.3 is 0 Å². The van der Waals surface area contributed by atoms with Crippen LogP contribution >= 0.6 is 11.6 Å². The number of benzene rings is 1. The van der Waals surface area contributed by atoms with E-state index in [2.05, 4.69) is 12.3 Å². The molecule has 0 atom stereocenters. The Labute approximate surface area is 127 Å². The number of nitrogen functional groups attached to an aromatic ring is 1. The van der Waals surface area contributed by atoms with Gasteiger partial charge in [-0.25, -0.2) is 0 Å². The molecule has 1 saturated heterocycles. The second kappa shape index (κ2) is 6.28. The Kier molecular flexibility index (Phi) is 4.64. The predicted molar refractivity (Wildman–Crippen MR) is 80.2 cm³/mol. The Morgan fingerprint density at radius 2 is 2.10 bits per heavy atom. The number of hydrogen-bond acceptors (Lipinski definition) is 5. The van der Waals surface area contributed by atoms with Gasteiger partial charge in [0.1, 0.15) is 5.69 Å². The number of anilines is 1. The van der Waals surface area contributed by atoms with E-state index in [1.165, 1.54) is 12.1 Å². The topological polar surface area (TPSA) is 102 Å². The van der Waals surface area contributed by atoms with Crippen LogP contribution in [0.5, 0.6) is 0 Å². The number of carbonyl (C=O) groups is 1. The number of likely N-dealkylation sites (tertiary alicyclic amines) is 1. The minimum absolute atomic E-state index is 0.00508. The molecule has 0 aliphatic carbocycles. The number of hydrogen-bond donors (Lipinski definition) is 2. The van der Waals surface area contributed by atoms with Crippen LogP contribution in [-0.2, 0) is 0 Å². The molecule has 0 spiro atoms. The van der Waals surface area contributed by atoms with Gasteiger partial charge in [-0.05, 0) is 24.8 Å². The van der Waals surface area contributed by atoms with Crippen LogP contribution in [0.3, 0.4) is 0 Å². The lowest BCUT2D eigenvalue weighted by Crippen LogP contribution is -2.37. The first-order chi connectivity index (χ1) is 9.93. The lowest BCUT2D eigenvalue weighted by atomic mass is 9.98. The van der Waals surface area contributed by atoms with Gasteiger partial charge in [0.25, 0.3) is 11.6 Å². The van der Waals surface area contributed by atoms with E-state index in [0.717, 1.165) is 12.8 Å². The number of carbonyl (C=O) groups excluding carboxylic acids is 1. The summed E-state index contributed by atoms with van der Waals surface area (Å²) in [6.45, 7) is 3.45. The summed E-state index contributed by atoms with van der Waals surface area (Å²) in [6, 6.07) is 2.62. The normalized spacial score (nSPS) is 15.9. The molecule has 2 rings (SSSR count). The van der Waals surface area contributed by atoms with E-state index in [0.29, 0.717) is 19.0 Å².